The molecule has 8 heteroatoms. The maximum atomic E-state index is 13.8. The average molecular weight is 348 g/mol. The third-order valence-electron chi connectivity index (χ3n) is 3.78. The minimum atomic E-state index is -0.256. The quantitative estimate of drug-likeness (QED) is 0.430. The fraction of sp³-hybridized carbons (Fsp3) is 0.471. The molecule has 1 aromatic carbocycles. The van der Waals surface area contributed by atoms with Crippen LogP contribution in [0.4, 0.5) is 4.39 Å². The first kappa shape index (κ1) is 18.9. The summed E-state index contributed by atoms with van der Waals surface area (Å²) in [4.78, 5) is 4.46. The highest BCUT2D eigenvalue weighted by molar-refractivity contribution is 5.79. The van der Waals surface area contributed by atoms with E-state index in [1.807, 2.05) is 18.5 Å². The number of methoxy groups -OCH3 is 1. The van der Waals surface area contributed by atoms with Crippen molar-refractivity contribution in [1.82, 2.24) is 25.4 Å². The molecular weight excluding hydrogens is 323 g/mol. The van der Waals surface area contributed by atoms with Crippen molar-refractivity contribution in [2.75, 3.05) is 20.3 Å². The summed E-state index contributed by atoms with van der Waals surface area (Å²) in [6.45, 7) is 3.99. The van der Waals surface area contributed by atoms with Crippen molar-refractivity contribution in [3.63, 3.8) is 0 Å². The molecular formula is C17H25FN6O. The van der Waals surface area contributed by atoms with E-state index in [0.29, 0.717) is 31.2 Å². The van der Waals surface area contributed by atoms with Crippen LogP contribution in [-0.4, -0.2) is 41.0 Å². The average Bonchev–Trinajstić information content (AvgIpc) is 2.93. The smallest absolute Gasteiger partial charge is 0.191 e. The molecule has 0 fully saturated rings. The summed E-state index contributed by atoms with van der Waals surface area (Å²) < 4.78 is 20.7. The molecule has 0 saturated heterocycles. The molecule has 0 saturated carbocycles. The molecule has 2 aromatic rings. The number of nitrogens with one attached hydrogen (secondary N) is 2. The lowest BCUT2D eigenvalue weighted by atomic mass is 10.2. The first-order chi connectivity index (χ1) is 12.1. The summed E-state index contributed by atoms with van der Waals surface area (Å²) in [5, 5.41) is 14.6. The Bertz CT molecular complexity index is 700. The summed E-state index contributed by atoms with van der Waals surface area (Å²) in [5.41, 5.74) is 0.551. The lowest BCUT2D eigenvalue weighted by Gasteiger charge is -2.12. The largest absolute Gasteiger partial charge is 0.385 e. The molecule has 136 valence electrons. The van der Waals surface area contributed by atoms with Gasteiger partial charge in [0.15, 0.2) is 11.8 Å². The maximum absolute atomic E-state index is 13.8. The third-order valence-corrected chi connectivity index (χ3v) is 3.78. The van der Waals surface area contributed by atoms with E-state index in [1.165, 1.54) is 6.07 Å². The number of benzene rings is 1. The van der Waals surface area contributed by atoms with E-state index in [4.69, 9.17) is 4.74 Å². The Balaban J connectivity index is 1.99. The van der Waals surface area contributed by atoms with Crippen molar-refractivity contribution < 1.29 is 9.13 Å². The molecule has 7 nitrogen and oxygen atoms in total. The summed E-state index contributed by atoms with van der Waals surface area (Å²) >= 11 is 0. The van der Waals surface area contributed by atoms with Crippen molar-refractivity contribution in [3.05, 3.63) is 47.3 Å². The monoisotopic (exact) mass is 348 g/mol. The van der Waals surface area contributed by atoms with Gasteiger partial charge >= 0.3 is 0 Å². The summed E-state index contributed by atoms with van der Waals surface area (Å²) in [5.74, 6) is 1.98. The normalized spacial score (nSPS) is 11.6. The fourth-order valence-corrected chi connectivity index (χ4v) is 2.16. The maximum Gasteiger partial charge on any atom is 0.191 e. The van der Waals surface area contributed by atoms with Crippen LogP contribution in [0.15, 0.2) is 29.3 Å². The zero-order chi connectivity index (χ0) is 18.1. The van der Waals surface area contributed by atoms with E-state index < -0.39 is 0 Å². The predicted molar refractivity (Wildman–Crippen MR) is 94.6 cm³/mol. The molecule has 0 spiro atoms. The second-order valence-electron chi connectivity index (χ2n) is 5.61. The van der Waals surface area contributed by atoms with E-state index in [9.17, 15) is 4.39 Å². The van der Waals surface area contributed by atoms with Gasteiger partial charge in [-0.2, -0.15) is 0 Å². The van der Waals surface area contributed by atoms with Gasteiger partial charge in [-0.3, -0.25) is 0 Å². The number of ether oxygens (including phenoxy) is 1. The second kappa shape index (κ2) is 9.73. The summed E-state index contributed by atoms with van der Waals surface area (Å²) in [6, 6.07) is 6.64. The molecule has 0 unspecified atom stereocenters. The number of aryl methyl sites for hydroxylation is 1. The van der Waals surface area contributed by atoms with E-state index in [-0.39, 0.29) is 12.4 Å². The Morgan fingerprint density at radius 3 is 2.76 bits per heavy atom. The van der Waals surface area contributed by atoms with Crippen molar-refractivity contribution in [3.8, 4) is 0 Å². The highest BCUT2D eigenvalue weighted by Crippen LogP contribution is 2.07. The summed E-state index contributed by atoms with van der Waals surface area (Å²) in [7, 11) is 3.58. The van der Waals surface area contributed by atoms with Crippen LogP contribution in [0.5, 0.6) is 0 Å². The van der Waals surface area contributed by atoms with Gasteiger partial charge in [-0.25, -0.2) is 9.38 Å². The Morgan fingerprint density at radius 2 is 2.08 bits per heavy atom. The lowest BCUT2D eigenvalue weighted by Crippen LogP contribution is -2.38. The van der Waals surface area contributed by atoms with Crippen LogP contribution in [0, 0.1) is 12.7 Å². The van der Waals surface area contributed by atoms with E-state index in [1.54, 1.807) is 25.3 Å². The van der Waals surface area contributed by atoms with Crippen LogP contribution in [-0.2, 0) is 24.9 Å². The number of guanidine groups is 1. The van der Waals surface area contributed by atoms with Gasteiger partial charge in [0.2, 0.25) is 0 Å². The van der Waals surface area contributed by atoms with Gasteiger partial charge < -0.3 is 19.9 Å². The van der Waals surface area contributed by atoms with Crippen LogP contribution in [0.1, 0.15) is 23.6 Å². The Kier molecular flexibility index (Phi) is 7.34. The van der Waals surface area contributed by atoms with Crippen LogP contribution in [0.2, 0.25) is 0 Å². The second-order valence-corrected chi connectivity index (χ2v) is 5.61. The summed E-state index contributed by atoms with van der Waals surface area (Å²) in [6.07, 6.45) is 0.847. The topological polar surface area (TPSA) is 76.4 Å². The zero-order valence-corrected chi connectivity index (χ0v) is 14.9. The van der Waals surface area contributed by atoms with Gasteiger partial charge in [0, 0.05) is 32.9 Å². The molecule has 1 heterocycles. The van der Waals surface area contributed by atoms with Crippen LogP contribution < -0.4 is 10.6 Å². The molecule has 0 aliphatic carbocycles. The first-order valence-electron chi connectivity index (χ1n) is 8.21. The van der Waals surface area contributed by atoms with Crippen molar-refractivity contribution in [2.45, 2.75) is 26.4 Å². The van der Waals surface area contributed by atoms with E-state index in [2.05, 4.69) is 25.8 Å². The highest BCUT2D eigenvalue weighted by atomic mass is 19.1. The molecule has 2 N–H and O–H groups in total. The number of aromatic nitrogens is 3. The highest BCUT2D eigenvalue weighted by Gasteiger charge is 2.07. The molecule has 0 radical (unpaired) electrons. The van der Waals surface area contributed by atoms with Crippen molar-refractivity contribution >= 4 is 5.96 Å². The SMILES string of the molecule is COCCCNC(=NCc1ccccc1F)NCc1nnc(C)n1C. The number of hydrogen-bond acceptors (Lipinski definition) is 4. The standard InChI is InChI=1S/C17H25FN6O/c1-13-22-23-16(24(13)2)12-21-17(19-9-6-10-25-3)20-11-14-7-4-5-8-15(14)18/h4-5,7-8H,6,9-12H2,1-3H3,(H2,19,20,21). The number of rotatable bonds is 8. The van der Waals surface area contributed by atoms with Gasteiger partial charge in [0.1, 0.15) is 11.6 Å². The Morgan fingerprint density at radius 1 is 1.28 bits per heavy atom. The molecule has 1 aromatic heterocycles. The zero-order valence-electron chi connectivity index (χ0n) is 14.9. The van der Waals surface area contributed by atoms with E-state index in [0.717, 1.165) is 18.1 Å². The first-order valence-corrected chi connectivity index (χ1v) is 8.21. The number of aliphatic imine (C=N–C) groups is 1. The van der Waals surface area contributed by atoms with E-state index >= 15 is 0 Å². The predicted octanol–water partition coefficient (Wildman–Crippen LogP) is 1.53. The molecule has 0 aliphatic rings. The number of halogens is 1. The van der Waals surface area contributed by atoms with Gasteiger partial charge in [0.25, 0.3) is 0 Å². The lowest BCUT2D eigenvalue weighted by molar-refractivity contribution is 0.195. The van der Waals surface area contributed by atoms with Gasteiger partial charge in [-0.1, -0.05) is 18.2 Å². The fourth-order valence-electron chi connectivity index (χ4n) is 2.16. The Labute approximate surface area is 147 Å². The van der Waals surface area contributed by atoms with Crippen molar-refractivity contribution in [2.24, 2.45) is 12.0 Å². The van der Waals surface area contributed by atoms with Crippen molar-refractivity contribution in [1.29, 1.82) is 0 Å². The molecule has 0 aliphatic heterocycles. The minimum absolute atomic E-state index is 0.254. The molecule has 0 amide bonds. The number of hydrogen-bond donors (Lipinski definition) is 2. The van der Waals surface area contributed by atoms with Gasteiger partial charge in [0.05, 0.1) is 13.1 Å². The van der Waals surface area contributed by atoms with Crippen LogP contribution >= 0.6 is 0 Å². The van der Waals surface area contributed by atoms with Crippen LogP contribution in [0.25, 0.3) is 0 Å². The van der Waals surface area contributed by atoms with Gasteiger partial charge in [-0.15, -0.1) is 10.2 Å². The molecule has 25 heavy (non-hydrogen) atoms. The molecule has 2 rings (SSSR count). The number of nitrogens with zero attached hydrogens (tertiary/aromatic N) is 4. The molecule has 0 bridgehead atoms. The van der Waals surface area contributed by atoms with Crippen LogP contribution in [0.3, 0.4) is 0 Å². The molecule has 0 atom stereocenters. The third kappa shape index (κ3) is 5.82. The van der Waals surface area contributed by atoms with Gasteiger partial charge in [-0.05, 0) is 19.4 Å². The Hall–Kier alpha value is -2.48. The minimum Gasteiger partial charge on any atom is -0.385 e.